The van der Waals surface area contributed by atoms with Crippen molar-refractivity contribution in [2.24, 2.45) is 5.92 Å². The molecule has 226 valence electrons. The number of sulfonamides is 1. The zero-order valence-electron chi connectivity index (χ0n) is 25.6. The Kier molecular flexibility index (Phi) is 8.76. The van der Waals surface area contributed by atoms with Gasteiger partial charge in [0, 0.05) is 30.3 Å². The number of hydrogen-bond acceptors (Lipinski definition) is 4. The fourth-order valence-corrected chi connectivity index (χ4v) is 6.79. The van der Waals surface area contributed by atoms with Crippen molar-refractivity contribution in [3.05, 3.63) is 101 Å². The molecule has 2 N–H and O–H groups in total. The summed E-state index contributed by atoms with van der Waals surface area (Å²) in [7, 11) is -3.48. The largest absolute Gasteiger partial charge is 0.324 e. The fraction of sp³-hybridized carbons (Fsp3) is 0.353. The van der Waals surface area contributed by atoms with E-state index in [4.69, 9.17) is 5.10 Å². The first kappa shape index (κ1) is 30.5. The molecule has 1 aliphatic heterocycles. The molecule has 8 nitrogen and oxygen atoms in total. The second-order valence-electron chi connectivity index (χ2n) is 12.6. The summed E-state index contributed by atoms with van der Waals surface area (Å²) in [6, 6.07) is 24.5. The summed E-state index contributed by atoms with van der Waals surface area (Å²) in [5, 5.41) is 10.8. The highest BCUT2D eigenvalue weighted by molar-refractivity contribution is 7.89. The lowest BCUT2D eigenvalue weighted by Crippen LogP contribution is -2.38. The Morgan fingerprint density at radius 1 is 0.884 bits per heavy atom. The van der Waals surface area contributed by atoms with Crippen molar-refractivity contribution >= 4 is 27.6 Å². The number of carbonyl (C=O) groups is 1. The molecule has 3 aromatic carbocycles. The van der Waals surface area contributed by atoms with Gasteiger partial charge in [-0.3, -0.25) is 5.32 Å². The van der Waals surface area contributed by atoms with E-state index in [9.17, 15) is 13.2 Å². The molecule has 5 rings (SSSR count). The van der Waals surface area contributed by atoms with Crippen LogP contribution in [0.25, 0.3) is 5.69 Å². The zero-order valence-corrected chi connectivity index (χ0v) is 26.4. The third kappa shape index (κ3) is 7.35. The van der Waals surface area contributed by atoms with Gasteiger partial charge in [-0.05, 0) is 81.0 Å². The van der Waals surface area contributed by atoms with Gasteiger partial charge in [-0.25, -0.2) is 17.9 Å². The number of aromatic nitrogens is 2. The Balaban J connectivity index is 1.21. The second-order valence-corrected chi connectivity index (χ2v) is 14.5. The quantitative estimate of drug-likeness (QED) is 0.237. The van der Waals surface area contributed by atoms with Crippen LogP contribution in [0.5, 0.6) is 0 Å². The lowest BCUT2D eigenvalue weighted by molar-refractivity contribution is 0.262. The molecular formula is C34H41N5O3S. The van der Waals surface area contributed by atoms with Crippen molar-refractivity contribution in [1.29, 1.82) is 0 Å². The van der Waals surface area contributed by atoms with Gasteiger partial charge in [-0.15, -0.1) is 0 Å². The van der Waals surface area contributed by atoms with E-state index in [-0.39, 0.29) is 11.4 Å². The number of anilines is 2. The van der Waals surface area contributed by atoms with Crippen LogP contribution in [-0.4, -0.2) is 41.6 Å². The smallest absolute Gasteiger partial charge is 0.308 e. The van der Waals surface area contributed by atoms with Crippen molar-refractivity contribution in [2.75, 3.05) is 23.7 Å². The molecule has 0 aliphatic carbocycles. The maximum Gasteiger partial charge on any atom is 0.324 e. The molecule has 2 amide bonds. The highest BCUT2D eigenvalue weighted by Crippen LogP contribution is 2.28. The Morgan fingerprint density at radius 2 is 1.51 bits per heavy atom. The summed E-state index contributed by atoms with van der Waals surface area (Å²) in [5.41, 5.74) is 5.56. The number of rotatable bonds is 7. The Morgan fingerprint density at radius 3 is 2.14 bits per heavy atom. The minimum atomic E-state index is -3.48. The van der Waals surface area contributed by atoms with Gasteiger partial charge in [-0.1, -0.05) is 68.3 Å². The predicted octanol–water partition coefficient (Wildman–Crippen LogP) is 7.07. The topological polar surface area (TPSA) is 96.3 Å². The summed E-state index contributed by atoms with van der Waals surface area (Å²) in [4.78, 5) is 13.5. The van der Waals surface area contributed by atoms with Crippen LogP contribution in [0.3, 0.4) is 0 Å². The molecule has 1 aliphatic rings. The monoisotopic (exact) mass is 599 g/mol. The molecule has 0 atom stereocenters. The Hall–Kier alpha value is -3.95. The minimum Gasteiger partial charge on any atom is -0.308 e. The number of nitrogens with zero attached hydrogens (tertiary/aromatic N) is 3. The lowest BCUT2D eigenvalue weighted by Gasteiger charge is -2.31. The molecule has 0 spiro atoms. The number of aryl methyl sites for hydroxylation is 2. The zero-order chi connectivity index (χ0) is 30.8. The van der Waals surface area contributed by atoms with Crippen LogP contribution >= 0.6 is 0 Å². The van der Waals surface area contributed by atoms with E-state index in [1.54, 1.807) is 21.1 Å². The molecule has 43 heavy (non-hydrogen) atoms. The van der Waals surface area contributed by atoms with Gasteiger partial charge in [0.1, 0.15) is 5.82 Å². The third-order valence-electron chi connectivity index (χ3n) is 7.94. The molecule has 0 unspecified atom stereocenters. The van der Waals surface area contributed by atoms with E-state index in [0.29, 0.717) is 35.4 Å². The first-order valence-electron chi connectivity index (χ1n) is 14.8. The molecule has 1 saturated heterocycles. The van der Waals surface area contributed by atoms with Gasteiger partial charge in [0.15, 0.2) is 0 Å². The highest BCUT2D eigenvalue weighted by atomic mass is 32.2. The molecule has 9 heteroatoms. The summed E-state index contributed by atoms with van der Waals surface area (Å²) in [6.45, 7) is 11.3. The summed E-state index contributed by atoms with van der Waals surface area (Å²) in [5.74, 6) is 0.961. The third-order valence-corrected chi connectivity index (χ3v) is 9.85. The van der Waals surface area contributed by atoms with Gasteiger partial charge in [0.25, 0.3) is 0 Å². The summed E-state index contributed by atoms with van der Waals surface area (Å²) >= 11 is 0. The van der Waals surface area contributed by atoms with Gasteiger partial charge in [-0.2, -0.15) is 9.40 Å². The number of benzene rings is 3. The molecule has 2 heterocycles. The van der Waals surface area contributed by atoms with Crippen LogP contribution in [0, 0.1) is 19.8 Å². The van der Waals surface area contributed by atoms with Crippen LogP contribution in [-0.2, 0) is 21.9 Å². The van der Waals surface area contributed by atoms with E-state index in [1.807, 2.05) is 74.5 Å². The van der Waals surface area contributed by atoms with E-state index < -0.39 is 10.0 Å². The molecule has 0 radical (unpaired) electrons. The number of urea groups is 1. The Bertz CT molecular complexity index is 1680. The first-order chi connectivity index (χ1) is 20.4. The van der Waals surface area contributed by atoms with Crippen LogP contribution < -0.4 is 10.6 Å². The SMILES string of the molecule is Cc1ccc(-n2nc(C(C)(C)C)cc2NC(=O)Nc2cccc(CC3CCN(S(=O)(=O)c4ccc(C)cc4)CC3)c2)cc1. The van der Waals surface area contributed by atoms with Crippen LogP contribution in [0.4, 0.5) is 16.3 Å². The van der Waals surface area contributed by atoms with Crippen molar-refractivity contribution in [3.8, 4) is 5.69 Å². The Labute approximate surface area is 255 Å². The van der Waals surface area contributed by atoms with Gasteiger partial charge < -0.3 is 5.32 Å². The number of piperidine rings is 1. The molecular weight excluding hydrogens is 558 g/mol. The molecule has 1 fully saturated rings. The van der Waals surface area contributed by atoms with Gasteiger partial charge >= 0.3 is 6.03 Å². The minimum absolute atomic E-state index is 0.182. The number of carbonyl (C=O) groups excluding carboxylic acids is 1. The summed E-state index contributed by atoms with van der Waals surface area (Å²) in [6.07, 6.45) is 2.41. The maximum absolute atomic E-state index is 13.1. The molecule has 0 bridgehead atoms. The predicted molar refractivity (Wildman–Crippen MR) is 172 cm³/mol. The van der Waals surface area contributed by atoms with Crippen molar-refractivity contribution in [3.63, 3.8) is 0 Å². The molecule has 0 saturated carbocycles. The van der Waals surface area contributed by atoms with E-state index in [2.05, 4.69) is 37.5 Å². The second kappa shape index (κ2) is 12.3. The van der Waals surface area contributed by atoms with Crippen LogP contribution in [0.1, 0.15) is 56.0 Å². The average Bonchev–Trinajstić information content (AvgIpc) is 3.38. The maximum atomic E-state index is 13.1. The number of hydrogen-bond donors (Lipinski definition) is 2. The first-order valence-corrected chi connectivity index (χ1v) is 16.2. The number of nitrogens with one attached hydrogen (secondary N) is 2. The fourth-order valence-electron chi connectivity index (χ4n) is 5.32. The van der Waals surface area contributed by atoms with Crippen LogP contribution in [0.15, 0.2) is 83.8 Å². The summed E-state index contributed by atoms with van der Waals surface area (Å²) < 4.78 is 29.5. The van der Waals surface area contributed by atoms with Crippen molar-refractivity contribution in [2.45, 2.75) is 64.2 Å². The van der Waals surface area contributed by atoms with Gasteiger partial charge in [0.2, 0.25) is 10.0 Å². The van der Waals surface area contributed by atoms with E-state index >= 15 is 0 Å². The van der Waals surface area contributed by atoms with Crippen molar-refractivity contribution < 1.29 is 13.2 Å². The van der Waals surface area contributed by atoms with E-state index in [1.165, 1.54) is 0 Å². The average molecular weight is 600 g/mol. The van der Waals surface area contributed by atoms with Crippen molar-refractivity contribution in [1.82, 2.24) is 14.1 Å². The van der Waals surface area contributed by atoms with E-state index in [0.717, 1.165) is 47.3 Å². The normalized spacial score (nSPS) is 14.9. The molecule has 4 aromatic rings. The standard InChI is InChI=1S/C34H41N5O3S/c1-24-9-13-29(14-10-24)39-32(23-31(37-39)34(3,4)5)36-33(40)35-28-8-6-7-27(22-28)21-26-17-19-38(20-18-26)43(41,42)30-15-11-25(2)12-16-30/h6-16,22-23,26H,17-21H2,1-5H3,(H2,35,36,40). The molecule has 1 aromatic heterocycles. The van der Waals surface area contributed by atoms with Gasteiger partial charge in [0.05, 0.1) is 16.3 Å². The highest BCUT2D eigenvalue weighted by Gasteiger charge is 2.29. The number of amides is 2. The van der Waals surface area contributed by atoms with Crippen LogP contribution in [0.2, 0.25) is 0 Å². The lowest BCUT2D eigenvalue weighted by atomic mass is 9.91.